The van der Waals surface area contributed by atoms with Crippen molar-refractivity contribution in [3.8, 4) is 11.5 Å². The van der Waals surface area contributed by atoms with Gasteiger partial charge in [0.15, 0.2) is 0 Å². The Morgan fingerprint density at radius 3 is 3.00 bits per heavy atom. The maximum atomic E-state index is 5.73. The van der Waals surface area contributed by atoms with E-state index in [4.69, 9.17) is 15.2 Å². The van der Waals surface area contributed by atoms with Gasteiger partial charge in [0, 0.05) is 11.8 Å². The lowest BCUT2D eigenvalue weighted by Crippen LogP contribution is -2.23. The molecule has 0 atom stereocenters. The molecule has 0 bridgehead atoms. The fraction of sp³-hybridized carbons (Fsp3) is 0.188. The number of nitrogens with one attached hydrogen (secondary N) is 1. The third-order valence-electron chi connectivity index (χ3n) is 3.07. The third kappa shape index (κ3) is 2.91. The van der Waals surface area contributed by atoms with E-state index in [1.54, 1.807) is 6.07 Å². The maximum Gasteiger partial charge on any atom is 0.147 e. The Hall–Kier alpha value is -2.69. The summed E-state index contributed by atoms with van der Waals surface area (Å²) in [7, 11) is 0. The fourth-order valence-electron chi connectivity index (χ4n) is 2.13. The number of ether oxygens (including phenoxy) is 2. The van der Waals surface area contributed by atoms with Crippen LogP contribution in [0.4, 0.5) is 17.1 Å². The average molecular weight is 283 g/mol. The predicted octanol–water partition coefficient (Wildman–Crippen LogP) is 3.20. The number of hydrogen-bond donors (Lipinski definition) is 2. The molecule has 0 saturated heterocycles. The van der Waals surface area contributed by atoms with Gasteiger partial charge < -0.3 is 20.5 Å². The molecule has 0 spiro atoms. The topological polar surface area (TPSA) is 68.9 Å². The van der Waals surface area contributed by atoms with Gasteiger partial charge in [0.25, 0.3) is 0 Å². The Morgan fingerprint density at radius 1 is 1.29 bits per heavy atom. The van der Waals surface area contributed by atoms with Crippen LogP contribution in [0.15, 0.2) is 47.5 Å². The number of hydrogen-bond acceptors (Lipinski definition) is 5. The molecule has 5 nitrogen and oxygen atoms in total. The number of anilines is 2. The van der Waals surface area contributed by atoms with Crippen LogP contribution in [0, 0.1) is 0 Å². The minimum Gasteiger partial charge on any atom is -0.492 e. The summed E-state index contributed by atoms with van der Waals surface area (Å²) in [6.45, 7) is 2.94. The van der Waals surface area contributed by atoms with Crippen LogP contribution < -0.4 is 20.5 Å². The van der Waals surface area contributed by atoms with Gasteiger partial charge in [-0.2, -0.15) is 0 Å². The second kappa shape index (κ2) is 5.75. The van der Waals surface area contributed by atoms with Crippen LogP contribution in [0.3, 0.4) is 0 Å². The summed E-state index contributed by atoms with van der Waals surface area (Å²) in [5.41, 5.74) is 8.05. The van der Waals surface area contributed by atoms with E-state index >= 15 is 0 Å². The summed E-state index contributed by atoms with van der Waals surface area (Å²) in [5, 5.41) is 3.26. The molecule has 0 amide bonds. The predicted molar refractivity (Wildman–Crippen MR) is 84.7 cm³/mol. The Kier molecular flexibility index (Phi) is 3.64. The molecule has 0 aliphatic carbocycles. The zero-order chi connectivity index (χ0) is 14.7. The van der Waals surface area contributed by atoms with Crippen LogP contribution in [-0.2, 0) is 0 Å². The number of nitrogens with two attached hydrogens (primary N) is 1. The molecule has 1 aliphatic heterocycles. The summed E-state index contributed by atoms with van der Waals surface area (Å²) in [6.07, 6.45) is 0. The van der Waals surface area contributed by atoms with Gasteiger partial charge in [-0.1, -0.05) is 12.1 Å². The second-order valence-electron chi connectivity index (χ2n) is 4.63. The van der Waals surface area contributed by atoms with Crippen molar-refractivity contribution in [2.75, 3.05) is 24.3 Å². The number of nitrogen functional groups attached to an aromatic ring is 1. The van der Waals surface area contributed by atoms with Crippen LogP contribution in [0.1, 0.15) is 6.92 Å². The first kappa shape index (κ1) is 13.3. The molecule has 1 aliphatic rings. The van der Waals surface area contributed by atoms with Crippen molar-refractivity contribution in [1.82, 2.24) is 0 Å². The Bertz CT molecular complexity index is 683. The molecule has 21 heavy (non-hydrogen) atoms. The van der Waals surface area contributed by atoms with Gasteiger partial charge in [0.1, 0.15) is 29.6 Å². The lowest BCUT2D eigenvalue weighted by atomic mass is 10.2. The first-order valence-electron chi connectivity index (χ1n) is 6.85. The van der Waals surface area contributed by atoms with Crippen molar-refractivity contribution >= 4 is 22.9 Å². The van der Waals surface area contributed by atoms with Gasteiger partial charge >= 0.3 is 0 Å². The molecule has 2 aromatic carbocycles. The Balaban J connectivity index is 1.85. The molecule has 0 aromatic heterocycles. The van der Waals surface area contributed by atoms with E-state index in [2.05, 4.69) is 10.3 Å². The number of rotatable bonds is 3. The molecule has 3 rings (SSSR count). The summed E-state index contributed by atoms with van der Waals surface area (Å²) >= 11 is 0. The number of fused-ring (bicyclic) bond motifs is 1. The lowest BCUT2D eigenvalue weighted by molar-refractivity contribution is 0.342. The Morgan fingerprint density at radius 2 is 2.14 bits per heavy atom. The highest BCUT2D eigenvalue weighted by Gasteiger charge is 2.14. The van der Waals surface area contributed by atoms with Crippen molar-refractivity contribution in [2.45, 2.75) is 6.92 Å². The Labute approximate surface area is 123 Å². The molecule has 0 fully saturated rings. The molecule has 0 radical (unpaired) electrons. The van der Waals surface area contributed by atoms with Gasteiger partial charge in [0.05, 0.1) is 12.3 Å². The quantitative estimate of drug-likeness (QED) is 0.849. The first-order valence-corrected chi connectivity index (χ1v) is 6.85. The second-order valence-corrected chi connectivity index (χ2v) is 4.63. The number of para-hydroxylation sites is 2. The largest absolute Gasteiger partial charge is 0.492 e. The monoisotopic (exact) mass is 283 g/mol. The van der Waals surface area contributed by atoms with E-state index in [1.807, 2.05) is 43.3 Å². The van der Waals surface area contributed by atoms with Crippen LogP contribution in [0.5, 0.6) is 11.5 Å². The van der Waals surface area contributed by atoms with E-state index in [1.165, 1.54) is 0 Å². The highest BCUT2D eigenvalue weighted by molar-refractivity contribution is 6.00. The van der Waals surface area contributed by atoms with Crippen LogP contribution in [0.25, 0.3) is 0 Å². The third-order valence-corrected chi connectivity index (χ3v) is 3.07. The highest BCUT2D eigenvalue weighted by atomic mass is 16.5. The number of benzene rings is 2. The molecular formula is C16H17N3O2. The highest BCUT2D eigenvalue weighted by Crippen LogP contribution is 2.33. The van der Waals surface area contributed by atoms with Crippen molar-refractivity contribution in [3.63, 3.8) is 0 Å². The van der Waals surface area contributed by atoms with Crippen LogP contribution in [-0.4, -0.2) is 19.0 Å². The van der Waals surface area contributed by atoms with Crippen molar-refractivity contribution in [3.05, 3.63) is 42.5 Å². The molecule has 0 saturated carbocycles. The molecular weight excluding hydrogens is 266 g/mol. The lowest BCUT2D eigenvalue weighted by Gasteiger charge is -2.19. The normalized spacial score (nSPS) is 12.9. The van der Waals surface area contributed by atoms with E-state index in [9.17, 15) is 0 Å². The minimum absolute atomic E-state index is 0.372. The van der Waals surface area contributed by atoms with E-state index in [0.29, 0.717) is 24.7 Å². The van der Waals surface area contributed by atoms with Gasteiger partial charge in [-0.3, -0.25) is 0 Å². The summed E-state index contributed by atoms with van der Waals surface area (Å²) in [5.74, 6) is 2.24. The number of nitrogens with zero attached hydrogens (tertiary/aromatic N) is 1. The minimum atomic E-state index is 0.372. The molecule has 3 N–H and O–H groups in total. The summed E-state index contributed by atoms with van der Waals surface area (Å²) < 4.78 is 11.3. The molecule has 5 heteroatoms. The zero-order valence-electron chi connectivity index (χ0n) is 11.8. The van der Waals surface area contributed by atoms with Gasteiger partial charge in [-0.15, -0.1) is 0 Å². The fourth-order valence-corrected chi connectivity index (χ4v) is 2.13. The van der Waals surface area contributed by atoms with Crippen LogP contribution in [0.2, 0.25) is 0 Å². The smallest absolute Gasteiger partial charge is 0.147 e. The van der Waals surface area contributed by atoms with E-state index in [0.717, 1.165) is 23.0 Å². The molecule has 108 valence electrons. The standard InChI is InChI=1S/C16H17N3O2/c1-2-20-14-6-4-3-5-12(14)18-16-10-21-15-9-11(17)7-8-13(15)19-16/h3-9H,2,10,17H2,1H3,(H,18,19). The van der Waals surface area contributed by atoms with Crippen molar-refractivity contribution in [1.29, 1.82) is 0 Å². The van der Waals surface area contributed by atoms with Crippen LogP contribution >= 0.6 is 0 Å². The molecule has 2 aromatic rings. The number of amidine groups is 1. The average Bonchev–Trinajstić information content (AvgIpc) is 2.50. The van der Waals surface area contributed by atoms with Gasteiger partial charge in [-0.05, 0) is 31.2 Å². The van der Waals surface area contributed by atoms with E-state index in [-0.39, 0.29) is 0 Å². The van der Waals surface area contributed by atoms with E-state index < -0.39 is 0 Å². The van der Waals surface area contributed by atoms with Crippen molar-refractivity contribution < 1.29 is 9.47 Å². The van der Waals surface area contributed by atoms with Gasteiger partial charge in [-0.25, -0.2) is 4.99 Å². The first-order chi connectivity index (χ1) is 10.3. The molecule has 1 heterocycles. The van der Waals surface area contributed by atoms with Crippen molar-refractivity contribution in [2.24, 2.45) is 4.99 Å². The maximum absolute atomic E-state index is 5.73. The van der Waals surface area contributed by atoms with Gasteiger partial charge in [0.2, 0.25) is 0 Å². The molecule has 0 unspecified atom stereocenters. The number of aliphatic imine (C=N–C) groups is 1. The SMILES string of the molecule is CCOc1ccccc1NC1=Nc2ccc(N)cc2OC1. The summed E-state index contributed by atoms with van der Waals surface area (Å²) in [4.78, 5) is 4.55. The zero-order valence-corrected chi connectivity index (χ0v) is 11.8. The summed E-state index contributed by atoms with van der Waals surface area (Å²) in [6, 6.07) is 13.2.